The van der Waals surface area contributed by atoms with Gasteiger partial charge in [0, 0.05) is 49.2 Å². The van der Waals surface area contributed by atoms with E-state index in [1.54, 1.807) is 6.92 Å². The second-order valence-electron chi connectivity index (χ2n) is 8.14. The third-order valence-corrected chi connectivity index (χ3v) is 5.96. The highest BCUT2D eigenvalue weighted by atomic mass is 19.3. The highest BCUT2D eigenvalue weighted by molar-refractivity contribution is 5.90. The quantitative estimate of drug-likeness (QED) is 0.654. The van der Waals surface area contributed by atoms with Crippen LogP contribution in [-0.2, 0) is 25.4 Å². The molecule has 2 aliphatic rings. The zero-order valence-corrected chi connectivity index (χ0v) is 16.9. The molecule has 172 valence electrons. The number of aliphatic hydroxyl groups excluding tert-OH is 1. The lowest BCUT2D eigenvalue weighted by Crippen LogP contribution is -2.45. The van der Waals surface area contributed by atoms with Crippen LogP contribution in [-0.4, -0.2) is 38.5 Å². The second-order valence-corrected chi connectivity index (χ2v) is 8.14. The number of carbonyl (C=O) groups excluding carboxylic acids is 1. The number of urea groups is 1. The maximum absolute atomic E-state index is 15.0. The SMILES string of the molecule is C.[C-]#[N+]c1cc(NC(=O)N2Cc3c(nn4c3C(F)(F)CC[C@@H](CO)C4)C[C@H]2C)ccc1F. The molecule has 2 atom stereocenters. The number of aromatic nitrogens is 2. The number of aliphatic hydroxyl groups is 1. The molecule has 32 heavy (non-hydrogen) atoms. The molecule has 2 amide bonds. The van der Waals surface area contributed by atoms with Crippen LogP contribution in [0, 0.1) is 18.3 Å². The Labute approximate surface area is 184 Å². The van der Waals surface area contributed by atoms with Crippen LogP contribution in [0.2, 0.25) is 0 Å². The number of amides is 2. The molecular weight excluding hydrogens is 423 g/mol. The molecule has 0 unspecified atom stereocenters. The van der Waals surface area contributed by atoms with E-state index in [9.17, 15) is 23.1 Å². The van der Waals surface area contributed by atoms with E-state index in [1.165, 1.54) is 21.7 Å². The number of anilines is 1. The van der Waals surface area contributed by atoms with Crippen molar-refractivity contribution in [2.45, 2.75) is 58.7 Å². The fraction of sp³-hybridized carbons (Fsp3) is 0.500. The molecule has 0 saturated heterocycles. The average molecular weight is 449 g/mol. The third-order valence-electron chi connectivity index (χ3n) is 5.96. The van der Waals surface area contributed by atoms with Crippen LogP contribution in [0.3, 0.4) is 0 Å². The zero-order chi connectivity index (χ0) is 22.3. The van der Waals surface area contributed by atoms with Gasteiger partial charge in [-0.1, -0.05) is 7.43 Å². The summed E-state index contributed by atoms with van der Waals surface area (Å²) in [5.41, 5.74) is 0.743. The Hall–Kier alpha value is -3.06. The van der Waals surface area contributed by atoms with E-state index in [1.807, 2.05) is 0 Å². The fourth-order valence-electron chi connectivity index (χ4n) is 4.27. The molecule has 0 aliphatic carbocycles. The zero-order valence-electron chi connectivity index (χ0n) is 16.9. The first-order valence-electron chi connectivity index (χ1n) is 10.1. The monoisotopic (exact) mass is 449 g/mol. The highest BCUT2D eigenvalue weighted by Gasteiger charge is 2.44. The van der Waals surface area contributed by atoms with Crippen LogP contribution in [0.5, 0.6) is 0 Å². The fourth-order valence-corrected chi connectivity index (χ4v) is 4.27. The molecule has 0 spiro atoms. The molecule has 10 heteroatoms. The maximum Gasteiger partial charge on any atom is 0.322 e. The number of rotatable bonds is 2. The van der Waals surface area contributed by atoms with Gasteiger partial charge in [-0.25, -0.2) is 14.0 Å². The van der Waals surface area contributed by atoms with Gasteiger partial charge in [-0.15, -0.1) is 0 Å². The molecule has 1 aromatic carbocycles. The van der Waals surface area contributed by atoms with E-state index in [-0.39, 0.29) is 69.0 Å². The smallest absolute Gasteiger partial charge is 0.322 e. The van der Waals surface area contributed by atoms with Crippen molar-refractivity contribution in [3.05, 3.63) is 52.4 Å². The first-order chi connectivity index (χ1) is 14.7. The second kappa shape index (κ2) is 8.82. The Morgan fingerprint density at radius 2 is 2.19 bits per heavy atom. The van der Waals surface area contributed by atoms with Gasteiger partial charge in [0.25, 0.3) is 5.92 Å². The molecule has 2 aromatic rings. The van der Waals surface area contributed by atoms with Crippen LogP contribution < -0.4 is 5.32 Å². The van der Waals surface area contributed by atoms with Gasteiger partial charge in [0.1, 0.15) is 11.5 Å². The van der Waals surface area contributed by atoms with Crippen molar-refractivity contribution >= 4 is 17.4 Å². The van der Waals surface area contributed by atoms with Crippen molar-refractivity contribution in [2.75, 3.05) is 11.9 Å². The lowest BCUT2D eigenvalue weighted by molar-refractivity contribution is -0.0227. The Morgan fingerprint density at radius 1 is 1.44 bits per heavy atom. The van der Waals surface area contributed by atoms with Gasteiger partial charge in [0.05, 0.1) is 18.8 Å². The molecular formula is C22H26F3N5O2. The first kappa shape index (κ1) is 23.6. The lowest BCUT2D eigenvalue weighted by atomic mass is 9.96. The van der Waals surface area contributed by atoms with Crippen molar-refractivity contribution in [1.29, 1.82) is 0 Å². The van der Waals surface area contributed by atoms with Crippen LogP contribution in [0.4, 0.5) is 29.3 Å². The van der Waals surface area contributed by atoms with Gasteiger partial charge < -0.3 is 15.3 Å². The minimum Gasteiger partial charge on any atom is -0.396 e. The lowest BCUT2D eigenvalue weighted by Gasteiger charge is -2.33. The number of fused-ring (bicyclic) bond motifs is 3. The van der Waals surface area contributed by atoms with Crippen molar-refractivity contribution in [1.82, 2.24) is 14.7 Å². The predicted octanol–water partition coefficient (Wildman–Crippen LogP) is 4.68. The number of hydrogen-bond donors (Lipinski definition) is 2. The largest absolute Gasteiger partial charge is 0.396 e. The van der Waals surface area contributed by atoms with E-state index < -0.39 is 17.8 Å². The number of alkyl halides is 2. The van der Waals surface area contributed by atoms with Crippen LogP contribution in [0.15, 0.2) is 18.2 Å². The number of nitrogens with zero attached hydrogens (tertiary/aromatic N) is 4. The number of benzene rings is 1. The van der Waals surface area contributed by atoms with Crippen molar-refractivity contribution in [3.8, 4) is 0 Å². The first-order valence-corrected chi connectivity index (χ1v) is 10.1. The van der Waals surface area contributed by atoms with Crippen molar-refractivity contribution in [2.24, 2.45) is 5.92 Å². The number of halogens is 3. The standard InChI is InChI=1S/C21H22F3N5O2.CH4/c1-12-7-17-15(19-21(23,24)6-5-13(11-30)9-29(19)27-17)10-28(12)20(31)26-14-3-4-16(22)18(8-14)25-2;/h3-4,8,12-13,30H,5-7,9-11H2,1H3,(H,26,31);1H4/t12-,13-;/m1./s1. The summed E-state index contributed by atoms with van der Waals surface area (Å²) in [7, 11) is 0. The molecule has 2 N–H and O–H groups in total. The third kappa shape index (κ3) is 4.17. The summed E-state index contributed by atoms with van der Waals surface area (Å²) in [5.74, 6) is -4.08. The van der Waals surface area contributed by atoms with Gasteiger partial charge >= 0.3 is 6.03 Å². The molecule has 1 aromatic heterocycles. The van der Waals surface area contributed by atoms with E-state index in [0.717, 1.165) is 6.07 Å². The van der Waals surface area contributed by atoms with E-state index in [0.29, 0.717) is 17.7 Å². The average Bonchev–Trinajstić information content (AvgIpc) is 3.02. The minimum atomic E-state index is -3.10. The van der Waals surface area contributed by atoms with E-state index >= 15 is 0 Å². The Balaban J connectivity index is 0.00000289. The van der Waals surface area contributed by atoms with Crippen LogP contribution >= 0.6 is 0 Å². The summed E-state index contributed by atoms with van der Waals surface area (Å²) in [6.07, 6.45) is 0.128. The van der Waals surface area contributed by atoms with Gasteiger partial charge in [-0.2, -0.15) is 13.9 Å². The molecule has 0 radical (unpaired) electrons. The number of carbonyl (C=O) groups is 1. The van der Waals surface area contributed by atoms with Gasteiger partial charge in [0.2, 0.25) is 5.69 Å². The van der Waals surface area contributed by atoms with Crippen LogP contribution in [0.25, 0.3) is 4.85 Å². The number of hydrogen-bond acceptors (Lipinski definition) is 3. The normalized spacial score (nSPS) is 21.4. The van der Waals surface area contributed by atoms with Crippen LogP contribution in [0.1, 0.15) is 44.1 Å². The molecule has 0 fully saturated rings. The molecule has 0 bridgehead atoms. The Bertz CT molecular complexity index is 1060. The topological polar surface area (TPSA) is 74.8 Å². The summed E-state index contributed by atoms with van der Waals surface area (Å²) in [6, 6.07) is 2.85. The molecule has 2 aliphatic heterocycles. The summed E-state index contributed by atoms with van der Waals surface area (Å²) in [5, 5.41) is 16.5. The van der Waals surface area contributed by atoms with Gasteiger partial charge in [-0.3, -0.25) is 4.68 Å². The summed E-state index contributed by atoms with van der Waals surface area (Å²) < 4.78 is 44.8. The van der Waals surface area contributed by atoms with Gasteiger partial charge in [-0.05, 0) is 31.5 Å². The number of nitrogens with one attached hydrogen (secondary N) is 1. The van der Waals surface area contributed by atoms with E-state index in [2.05, 4.69) is 15.3 Å². The molecule has 0 saturated carbocycles. The summed E-state index contributed by atoms with van der Waals surface area (Å²) in [6.45, 7) is 8.79. The van der Waals surface area contributed by atoms with E-state index in [4.69, 9.17) is 6.57 Å². The molecule has 3 heterocycles. The van der Waals surface area contributed by atoms with Gasteiger partial charge in [0.15, 0.2) is 0 Å². The summed E-state index contributed by atoms with van der Waals surface area (Å²) >= 11 is 0. The van der Waals surface area contributed by atoms with Crippen molar-refractivity contribution in [3.63, 3.8) is 0 Å². The summed E-state index contributed by atoms with van der Waals surface area (Å²) in [4.78, 5) is 17.4. The Morgan fingerprint density at radius 3 is 2.88 bits per heavy atom. The minimum absolute atomic E-state index is 0. The molecule has 7 nitrogen and oxygen atoms in total. The Kier molecular flexibility index (Phi) is 6.51. The highest BCUT2D eigenvalue weighted by Crippen LogP contribution is 2.42. The van der Waals surface area contributed by atoms with Crippen molar-refractivity contribution < 1.29 is 23.1 Å². The maximum atomic E-state index is 15.0. The predicted molar refractivity (Wildman–Crippen MR) is 113 cm³/mol. The molecule has 4 rings (SSSR count).